The predicted octanol–water partition coefficient (Wildman–Crippen LogP) is 4.09. The first kappa shape index (κ1) is 25.8. The molecule has 1 aliphatic heterocycles. The summed E-state index contributed by atoms with van der Waals surface area (Å²) in [5, 5.41) is 0.639. The van der Waals surface area contributed by atoms with Crippen LogP contribution < -0.4 is 4.90 Å². The fourth-order valence-corrected chi connectivity index (χ4v) is 6.51. The van der Waals surface area contributed by atoms with Crippen LogP contribution in [0.4, 0.5) is 5.13 Å². The number of morpholine rings is 1. The number of hydrogen-bond donors (Lipinski definition) is 0. The average molecular weight is 516 g/mol. The number of para-hydroxylation sites is 1. The fourth-order valence-electron chi connectivity index (χ4n) is 4.22. The van der Waals surface area contributed by atoms with Crippen LogP contribution in [-0.4, -0.2) is 69.4 Å². The first-order valence-electron chi connectivity index (χ1n) is 12.2. The number of hydrogen-bond acceptors (Lipinski definition) is 7. The molecule has 1 fully saturated rings. The minimum absolute atomic E-state index is 0.0790. The van der Waals surface area contributed by atoms with E-state index in [4.69, 9.17) is 9.72 Å². The van der Waals surface area contributed by atoms with Crippen LogP contribution >= 0.6 is 11.3 Å². The molecule has 1 saturated heterocycles. The van der Waals surface area contributed by atoms with E-state index >= 15 is 0 Å². The summed E-state index contributed by atoms with van der Waals surface area (Å²) in [6.45, 7) is 8.62. The summed E-state index contributed by atoms with van der Waals surface area (Å²) >= 11 is 1.49. The van der Waals surface area contributed by atoms with Crippen molar-refractivity contribution in [1.29, 1.82) is 0 Å². The van der Waals surface area contributed by atoms with E-state index in [-0.39, 0.29) is 23.0 Å². The summed E-state index contributed by atoms with van der Waals surface area (Å²) < 4.78 is 32.2. The molecule has 188 valence electrons. The summed E-state index contributed by atoms with van der Waals surface area (Å²) in [7, 11) is -3.55. The minimum Gasteiger partial charge on any atom is -0.379 e. The number of nitrogens with zero attached hydrogens (tertiary/aromatic N) is 3. The van der Waals surface area contributed by atoms with E-state index in [1.54, 1.807) is 29.2 Å². The molecule has 0 bridgehead atoms. The lowest BCUT2D eigenvalue weighted by atomic mass is 10.1. The molecule has 2 aromatic carbocycles. The molecule has 35 heavy (non-hydrogen) atoms. The Morgan fingerprint density at radius 2 is 1.89 bits per heavy atom. The van der Waals surface area contributed by atoms with Gasteiger partial charge in [0.25, 0.3) is 0 Å². The molecule has 9 heteroatoms. The predicted molar refractivity (Wildman–Crippen MR) is 141 cm³/mol. The number of rotatable bonds is 10. The number of benzene rings is 2. The zero-order valence-electron chi connectivity index (χ0n) is 20.4. The Hall–Kier alpha value is -2.33. The standard InChI is InChI=1S/C26H33N3O4S2/c1-3-21-6-4-7-23-25(21)27-26(34-23)29(14-5-13-28-15-17-33-18-16-28)24(30)12-19-35(31,32)22-10-8-20(2)9-11-22/h4,6-11H,3,5,12-19H2,1-2H3. The summed E-state index contributed by atoms with van der Waals surface area (Å²) in [5.74, 6) is -0.431. The van der Waals surface area contributed by atoms with Gasteiger partial charge in [0.2, 0.25) is 5.91 Å². The van der Waals surface area contributed by atoms with Crippen molar-refractivity contribution in [2.45, 2.75) is 38.0 Å². The lowest BCUT2D eigenvalue weighted by Crippen LogP contribution is -2.39. The van der Waals surface area contributed by atoms with Crippen molar-refractivity contribution in [1.82, 2.24) is 9.88 Å². The molecule has 4 rings (SSSR count). The summed E-state index contributed by atoms with van der Waals surface area (Å²) in [6, 6.07) is 12.9. The molecule has 0 N–H and O–H groups in total. The zero-order chi connectivity index (χ0) is 24.8. The molecular weight excluding hydrogens is 482 g/mol. The fraction of sp³-hybridized carbons (Fsp3) is 0.462. The van der Waals surface area contributed by atoms with Crippen LogP contribution in [0.15, 0.2) is 47.4 Å². The van der Waals surface area contributed by atoms with Crippen molar-refractivity contribution in [3.8, 4) is 0 Å². The lowest BCUT2D eigenvalue weighted by molar-refractivity contribution is -0.118. The van der Waals surface area contributed by atoms with Gasteiger partial charge in [-0.25, -0.2) is 13.4 Å². The highest BCUT2D eigenvalue weighted by molar-refractivity contribution is 7.91. The first-order valence-corrected chi connectivity index (χ1v) is 14.6. The number of anilines is 1. The number of thiazole rings is 1. The van der Waals surface area contributed by atoms with Gasteiger partial charge < -0.3 is 4.74 Å². The number of aromatic nitrogens is 1. The molecule has 0 unspecified atom stereocenters. The Balaban J connectivity index is 1.51. The van der Waals surface area contributed by atoms with Gasteiger partial charge in [-0.2, -0.15) is 0 Å². The van der Waals surface area contributed by atoms with E-state index in [9.17, 15) is 13.2 Å². The molecule has 0 spiro atoms. The van der Waals surface area contributed by atoms with Gasteiger partial charge in [0, 0.05) is 32.6 Å². The van der Waals surface area contributed by atoms with E-state index in [0.29, 0.717) is 11.7 Å². The van der Waals surface area contributed by atoms with Crippen molar-refractivity contribution in [3.05, 3.63) is 53.6 Å². The maximum atomic E-state index is 13.4. The van der Waals surface area contributed by atoms with Gasteiger partial charge in [-0.05, 0) is 43.5 Å². The van der Waals surface area contributed by atoms with Gasteiger partial charge in [-0.3, -0.25) is 14.6 Å². The van der Waals surface area contributed by atoms with E-state index in [2.05, 4.69) is 17.9 Å². The van der Waals surface area contributed by atoms with Crippen molar-refractivity contribution < 1.29 is 17.9 Å². The second kappa shape index (κ2) is 11.6. The molecular formula is C26H33N3O4S2. The Kier molecular flexibility index (Phi) is 8.54. The quantitative estimate of drug-likeness (QED) is 0.405. The molecule has 0 atom stereocenters. The van der Waals surface area contributed by atoms with E-state index < -0.39 is 9.84 Å². The van der Waals surface area contributed by atoms with Crippen LogP contribution in [-0.2, 0) is 25.8 Å². The van der Waals surface area contributed by atoms with Gasteiger partial charge in [0.15, 0.2) is 15.0 Å². The maximum absolute atomic E-state index is 13.4. The normalized spacial score (nSPS) is 14.9. The van der Waals surface area contributed by atoms with Crippen LogP contribution in [0.25, 0.3) is 10.2 Å². The third-order valence-electron chi connectivity index (χ3n) is 6.33. The van der Waals surface area contributed by atoms with Gasteiger partial charge in [-0.1, -0.05) is 48.1 Å². The molecule has 2 heterocycles. The average Bonchev–Trinajstić information content (AvgIpc) is 3.30. The van der Waals surface area contributed by atoms with Crippen molar-refractivity contribution in [3.63, 3.8) is 0 Å². The second-order valence-corrected chi connectivity index (χ2v) is 12.0. The summed E-state index contributed by atoms with van der Waals surface area (Å²) in [6.07, 6.45) is 1.57. The van der Waals surface area contributed by atoms with Crippen molar-refractivity contribution >= 4 is 42.4 Å². The highest BCUT2D eigenvalue weighted by Crippen LogP contribution is 2.31. The van der Waals surface area contributed by atoms with Crippen molar-refractivity contribution in [2.75, 3.05) is 50.0 Å². The van der Waals surface area contributed by atoms with Crippen LogP contribution in [0.3, 0.4) is 0 Å². The Morgan fingerprint density at radius 3 is 2.60 bits per heavy atom. The maximum Gasteiger partial charge on any atom is 0.229 e. The highest BCUT2D eigenvalue weighted by Gasteiger charge is 2.24. The van der Waals surface area contributed by atoms with E-state index in [0.717, 1.165) is 67.0 Å². The van der Waals surface area contributed by atoms with Crippen LogP contribution in [0.1, 0.15) is 30.9 Å². The smallest absolute Gasteiger partial charge is 0.229 e. The third-order valence-corrected chi connectivity index (χ3v) is 9.10. The van der Waals surface area contributed by atoms with Crippen LogP contribution in [0.5, 0.6) is 0 Å². The molecule has 1 aromatic heterocycles. The molecule has 7 nitrogen and oxygen atoms in total. The first-order chi connectivity index (χ1) is 16.9. The van der Waals surface area contributed by atoms with E-state index in [1.807, 2.05) is 19.1 Å². The number of sulfone groups is 1. The highest BCUT2D eigenvalue weighted by atomic mass is 32.2. The second-order valence-electron chi connectivity index (χ2n) is 8.85. The monoisotopic (exact) mass is 515 g/mol. The molecule has 3 aromatic rings. The topological polar surface area (TPSA) is 79.8 Å². The number of carbonyl (C=O) groups excluding carboxylic acids is 1. The zero-order valence-corrected chi connectivity index (χ0v) is 22.0. The van der Waals surface area contributed by atoms with E-state index in [1.165, 1.54) is 11.3 Å². The molecule has 1 amide bonds. The number of fused-ring (bicyclic) bond motifs is 1. The Labute approximate surface area is 211 Å². The van der Waals surface area contributed by atoms with Gasteiger partial charge in [-0.15, -0.1) is 0 Å². The summed E-state index contributed by atoms with van der Waals surface area (Å²) in [4.78, 5) is 22.5. The Bertz CT molecular complexity index is 1250. The SMILES string of the molecule is CCc1cccc2sc(N(CCCN3CCOCC3)C(=O)CCS(=O)(=O)c3ccc(C)cc3)nc12. The summed E-state index contributed by atoms with van der Waals surface area (Å²) in [5.41, 5.74) is 3.06. The van der Waals surface area contributed by atoms with Crippen molar-refractivity contribution in [2.24, 2.45) is 0 Å². The molecule has 0 saturated carbocycles. The van der Waals surface area contributed by atoms with Crippen LogP contribution in [0.2, 0.25) is 0 Å². The van der Waals surface area contributed by atoms with Gasteiger partial charge in [0.1, 0.15) is 0 Å². The molecule has 1 aliphatic rings. The minimum atomic E-state index is -3.55. The molecule has 0 radical (unpaired) electrons. The van der Waals surface area contributed by atoms with Gasteiger partial charge >= 0.3 is 0 Å². The Morgan fingerprint density at radius 1 is 1.14 bits per heavy atom. The van der Waals surface area contributed by atoms with Gasteiger partial charge in [0.05, 0.1) is 34.1 Å². The van der Waals surface area contributed by atoms with Crippen LogP contribution in [0, 0.1) is 6.92 Å². The largest absolute Gasteiger partial charge is 0.379 e. The number of ether oxygens (including phenoxy) is 1. The molecule has 0 aliphatic carbocycles. The lowest BCUT2D eigenvalue weighted by Gasteiger charge is -2.27. The number of aryl methyl sites for hydroxylation is 2. The number of carbonyl (C=O) groups is 1. The number of amides is 1. The third kappa shape index (κ3) is 6.46.